The van der Waals surface area contributed by atoms with Crippen LogP contribution in [-0.4, -0.2) is 97.5 Å². The van der Waals surface area contributed by atoms with Crippen molar-refractivity contribution >= 4 is 16.4 Å². The van der Waals surface area contributed by atoms with Crippen LogP contribution in [0.5, 0.6) is 0 Å². The highest BCUT2D eigenvalue weighted by atomic mass is 32.3. The lowest BCUT2D eigenvalue weighted by atomic mass is 9.99. The molecule has 1 heterocycles. The highest BCUT2D eigenvalue weighted by molar-refractivity contribution is 7.80. The number of unbranched alkanes of at least 4 members (excludes halogenated alkanes) is 21. The summed E-state index contributed by atoms with van der Waals surface area (Å²) < 4.78 is 59.1. The van der Waals surface area contributed by atoms with Gasteiger partial charge in [-0.05, 0) is 70.6 Å². The Balaban J connectivity index is 2.44. The average molecular weight is 861 g/mol. The summed E-state index contributed by atoms with van der Waals surface area (Å²) in [5.41, 5.74) is 0. The third kappa shape index (κ3) is 31.8. The zero-order valence-electron chi connectivity index (χ0n) is 36.8. The monoisotopic (exact) mass is 861 g/mol. The third-order valence-corrected chi connectivity index (χ3v) is 11.0. The molecule has 1 aliphatic rings. The van der Waals surface area contributed by atoms with Gasteiger partial charge < -0.3 is 34.3 Å². The quantitative estimate of drug-likeness (QED) is 0.0199. The Labute approximate surface area is 358 Å². The van der Waals surface area contributed by atoms with E-state index in [9.17, 15) is 28.5 Å². The molecule has 0 aliphatic carbocycles. The fraction of sp³-hybridized carbons (Fsp3) is 0.848. The predicted octanol–water partition coefficient (Wildman–Crippen LogP) is 9.80. The Kier molecular flexibility index (Phi) is 35.7. The number of allylic oxidation sites excluding steroid dienone is 6. The second kappa shape index (κ2) is 38.0. The second-order valence-electron chi connectivity index (χ2n) is 16.0. The van der Waals surface area contributed by atoms with Gasteiger partial charge >= 0.3 is 16.4 Å². The van der Waals surface area contributed by atoms with Crippen molar-refractivity contribution in [2.24, 2.45) is 0 Å². The van der Waals surface area contributed by atoms with Crippen molar-refractivity contribution in [3.8, 4) is 0 Å². The van der Waals surface area contributed by atoms with Gasteiger partial charge in [-0.25, -0.2) is 4.18 Å². The van der Waals surface area contributed by atoms with Gasteiger partial charge in [-0.2, -0.15) is 8.42 Å². The number of esters is 1. The molecule has 0 aromatic carbocycles. The molecule has 0 bridgehead atoms. The Morgan fingerprint density at radius 2 is 1.12 bits per heavy atom. The van der Waals surface area contributed by atoms with Gasteiger partial charge in [0.2, 0.25) is 0 Å². The van der Waals surface area contributed by atoms with E-state index in [1.807, 2.05) is 0 Å². The number of aliphatic hydroxyl groups is 3. The number of rotatable bonds is 40. The summed E-state index contributed by atoms with van der Waals surface area (Å²) in [6.45, 7) is 3.94. The molecule has 6 unspecified atom stereocenters. The minimum absolute atomic E-state index is 0.0261. The van der Waals surface area contributed by atoms with Crippen molar-refractivity contribution in [1.29, 1.82) is 0 Å². The summed E-state index contributed by atoms with van der Waals surface area (Å²) in [6.07, 6.45) is 34.6. The Hall–Kier alpha value is -1.68. The Morgan fingerprint density at radius 1 is 0.644 bits per heavy atom. The van der Waals surface area contributed by atoms with Crippen molar-refractivity contribution in [1.82, 2.24) is 0 Å². The molecule has 346 valence electrons. The second-order valence-corrected chi connectivity index (χ2v) is 17.0. The average Bonchev–Trinajstić information content (AvgIpc) is 3.20. The summed E-state index contributed by atoms with van der Waals surface area (Å²) in [6, 6.07) is 0. The van der Waals surface area contributed by atoms with Gasteiger partial charge in [-0.1, -0.05) is 147 Å². The number of hydrogen-bond donors (Lipinski definition) is 4. The van der Waals surface area contributed by atoms with Crippen molar-refractivity contribution < 1.29 is 56.2 Å². The summed E-state index contributed by atoms with van der Waals surface area (Å²) in [5, 5.41) is 30.7. The smallest absolute Gasteiger partial charge is 0.397 e. The number of aliphatic hydroxyl groups excluding tert-OH is 3. The lowest BCUT2D eigenvalue weighted by Crippen LogP contribution is -2.60. The van der Waals surface area contributed by atoms with Gasteiger partial charge in [0.1, 0.15) is 30.5 Å². The molecule has 0 aromatic rings. The molecule has 1 aliphatic heterocycles. The van der Waals surface area contributed by atoms with E-state index in [4.69, 9.17) is 23.5 Å². The van der Waals surface area contributed by atoms with Crippen molar-refractivity contribution in [3.63, 3.8) is 0 Å². The molecule has 0 spiro atoms. The van der Waals surface area contributed by atoms with Crippen molar-refractivity contribution in [2.75, 3.05) is 26.4 Å². The Bertz CT molecular complexity index is 1180. The first-order valence-corrected chi connectivity index (χ1v) is 24.6. The van der Waals surface area contributed by atoms with Crippen LogP contribution in [0.3, 0.4) is 0 Å². The van der Waals surface area contributed by atoms with Crippen LogP contribution in [0.25, 0.3) is 0 Å². The normalized spacial score (nSPS) is 20.7. The van der Waals surface area contributed by atoms with Crippen LogP contribution in [-0.2, 0) is 38.3 Å². The maximum Gasteiger partial charge on any atom is 0.397 e. The van der Waals surface area contributed by atoms with E-state index < -0.39 is 59.8 Å². The third-order valence-electron chi connectivity index (χ3n) is 10.5. The van der Waals surface area contributed by atoms with E-state index in [1.165, 1.54) is 83.5 Å². The van der Waals surface area contributed by atoms with Crippen molar-refractivity contribution in [3.05, 3.63) is 36.5 Å². The lowest BCUT2D eigenvalue weighted by Gasteiger charge is -2.41. The predicted molar refractivity (Wildman–Crippen MR) is 234 cm³/mol. The molecule has 6 atom stereocenters. The highest BCUT2D eigenvalue weighted by Gasteiger charge is 2.48. The molecule has 13 heteroatoms. The maximum absolute atomic E-state index is 12.8. The van der Waals surface area contributed by atoms with E-state index in [1.54, 1.807) is 0 Å². The standard InChI is InChI=1S/C46H84O12S/c1-3-5-7-9-11-13-15-17-19-20-22-24-26-28-30-32-34-36-54-38-40(39-55-46-44(50)45(58-59(51,52)53)43(49)41(37-47)57-46)56-42(48)35-33-31-29-27-25-23-21-18-16-14-12-10-8-6-4-2/h13,15,18-21,40-41,43-47,49-50H,3-12,14,16-17,22-39H2,1-2H3,(H,51,52,53)/b15-13-,20-19-,21-18-. The minimum Gasteiger partial charge on any atom is -0.457 e. The molecule has 59 heavy (non-hydrogen) atoms. The van der Waals surface area contributed by atoms with Crippen LogP contribution in [0.1, 0.15) is 187 Å². The Morgan fingerprint density at radius 3 is 1.64 bits per heavy atom. The van der Waals surface area contributed by atoms with E-state index >= 15 is 0 Å². The molecule has 1 fully saturated rings. The molecular weight excluding hydrogens is 777 g/mol. The first-order chi connectivity index (χ1) is 28.6. The molecule has 0 amide bonds. The summed E-state index contributed by atoms with van der Waals surface area (Å²) in [4.78, 5) is 12.8. The largest absolute Gasteiger partial charge is 0.457 e. The van der Waals surface area contributed by atoms with Gasteiger partial charge in [0.25, 0.3) is 0 Å². The maximum atomic E-state index is 12.8. The minimum atomic E-state index is -5.06. The van der Waals surface area contributed by atoms with E-state index in [2.05, 4.69) is 54.5 Å². The summed E-state index contributed by atoms with van der Waals surface area (Å²) >= 11 is 0. The van der Waals surface area contributed by atoms with Gasteiger partial charge in [0.15, 0.2) is 6.29 Å². The summed E-state index contributed by atoms with van der Waals surface area (Å²) in [7, 11) is -5.06. The first-order valence-electron chi connectivity index (χ1n) is 23.2. The van der Waals surface area contributed by atoms with Crippen LogP contribution < -0.4 is 0 Å². The van der Waals surface area contributed by atoms with Crippen LogP contribution in [0.2, 0.25) is 0 Å². The molecule has 0 radical (unpaired) electrons. The van der Waals surface area contributed by atoms with Crippen LogP contribution in [0.15, 0.2) is 36.5 Å². The number of ether oxygens (including phenoxy) is 4. The molecular formula is C46H84O12S. The topological polar surface area (TPSA) is 178 Å². The zero-order chi connectivity index (χ0) is 43.2. The molecule has 1 saturated heterocycles. The zero-order valence-corrected chi connectivity index (χ0v) is 37.6. The lowest BCUT2D eigenvalue weighted by molar-refractivity contribution is -0.301. The van der Waals surface area contributed by atoms with Gasteiger partial charge in [-0.15, -0.1) is 0 Å². The number of hydrogen-bond acceptors (Lipinski definition) is 11. The number of carbonyl (C=O) groups is 1. The summed E-state index contributed by atoms with van der Waals surface area (Å²) in [5.74, 6) is -0.412. The van der Waals surface area contributed by atoms with Gasteiger partial charge in [-0.3, -0.25) is 9.35 Å². The first kappa shape index (κ1) is 55.3. The molecule has 0 saturated carbocycles. The highest BCUT2D eigenvalue weighted by Crippen LogP contribution is 2.26. The van der Waals surface area contributed by atoms with E-state index in [-0.39, 0.29) is 19.6 Å². The van der Waals surface area contributed by atoms with Crippen molar-refractivity contribution in [2.45, 2.75) is 224 Å². The van der Waals surface area contributed by atoms with Crippen LogP contribution >= 0.6 is 0 Å². The molecule has 0 aromatic heterocycles. The number of carbonyl (C=O) groups excluding carboxylic acids is 1. The molecule has 1 rings (SSSR count). The SMILES string of the molecule is CCCCCC/C=C\C/C=C\CCCCCCCCOCC(COC1OC(CO)C(O)C(OS(=O)(=O)O)C1O)OC(=O)CCCCCCC/C=C\CCCCCCCC. The van der Waals surface area contributed by atoms with E-state index in [0.717, 1.165) is 77.0 Å². The fourth-order valence-electron chi connectivity index (χ4n) is 6.93. The van der Waals surface area contributed by atoms with Gasteiger partial charge in [0.05, 0.1) is 19.8 Å². The fourth-order valence-corrected chi connectivity index (χ4v) is 7.44. The molecule has 4 N–H and O–H groups in total. The van der Waals surface area contributed by atoms with Crippen LogP contribution in [0.4, 0.5) is 0 Å². The van der Waals surface area contributed by atoms with Gasteiger partial charge in [0, 0.05) is 13.0 Å². The molecule has 12 nitrogen and oxygen atoms in total. The van der Waals surface area contributed by atoms with Crippen LogP contribution in [0, 0.1) is 0 Å². The van der Waals surface area contributed by atoms with E-state index in [0.29, 0.717) is 13.0 Å².